The van der Waals surface area contributed by atoms with E-state index < -0.39 is 12.6 Å². The Morgan fingerprint density at radius 3 is 2.65 bits per heavy atom. The van der Waals surface area contributed by atoms with Crippen molar-refractivity contribution in [2.45, 2.75) is 6.61 Å². The van der Waals surface area contributed by atoms with Crippen LogP contribution in [0.5, 0.6) is 5.75 Å². The molecular formula is C10H6ClF2NO3. The number of ether oxygens (including phenoxy) is 2. The van der Waals surface area contributed by atoms with Crippen LogP contribution in [0.1, 0.15) is 15.9 Å². The summed E-state index contributed by atoms with van der Waals surface area (Å²) in [6.45, 7) is -3.04. The Kier molecular flexibility index (Phi) is 4.24. The number of benzene rings is 1. The Hall–Kier alpha value is -1.87. The monoisotopic (exact) mass is 261 g/mol. The molecule has 90 valence electrons. The molecule has 0 fully saturated rings. The molecule has 0 aliphatic heterocycles. The highest BCUT2D eigenvalue weighted by Gasteiger charge is 2.19. The van der Waals surface area contributed by atoms with Gasteiger partial charge in [-0.05, 0) is 12.1 Å². The van der Waals surface area contributed by atoms with E-state index in [1.165, 1.54) is 0 Å². The highest BCUT2D eigenvalue weighted by molar-refractivity contribution is 6.34. The van der Waals surface area contributed by atoms with Gasteiger partial charge >= 0.3 is 12.6 Å². The minimum Gasteiger partial charge on any atom is -0.465 e. The van der Waals surface area contributed by atoms with Crippen molar-refractivity contribution in [2.75, 3.05) is 7.11 Å². The SMILES string of the molecule is COC(=O)c1c(Cl)cc(OC(F)F)cc1C#N. The molecule has 1 aromatic rings. The van der Waals surface area contributed by atoms with Gasteiger partial charge in [0.25, 0.3) is 0 Å². The van der Waals surface area contributed by atoms with Crippen LogP contribution in [0, 0.1) is 11.3 Å². The molecule has 0 atom stereocenters. The number of carbonyl (C=O) groups excluding carboxylic acids is 1. The standard InChI is InChI=1S/C10H6ClF2NO3/c1-16-9(15)8-5(4-14)2-6(3-7(8)11)17-10(12)13/h2-3,10H,1H3. The van der Waals surface area contributed by atoms with Crippen molar-refractivity contribution in [3.63, 3.8) is 0 Å². The lowest BCUT2D eigenvalue weighted by molar-refractivity contribution is -0.0498. The molecule has 0 aliphatic rings. The van der Waals surface area contributed by atoms with Crippen molar-refractivity contribution >= 4 is 17.6 Å². The third kappa shape index (κ3) is 3.04. The fourth-order valence-electron chi connectivity index (χ4n) is 1.15. The molecule has 0 amide bonds. The fourth-order valence-corrected chi connectivity index (χ4v) is 1.44. The first-order chi connectivity index (χ1) is 7.99. The van der Waals surface area contributed by atoms with Gasteiger partial charge in [0.2, 0.25) is 0 Å². The van der Waals surface area contributed by atoms with Gasteiger partial charge in [-0.1, -0.05) is 11.6 Å². The molecule has 4 nitrogen and oxygen atoms in total. The molecule has 0 aromatic heterocycles. The maximum absolute atomic E-state index is 12.0. The molecule has 0 radical (unpaired) electrons. The summed E-state index contributed by atoms with van der Waals surface area (Å²) in [4.78, 5) is 11.3. The summed E-state index contributed by atoms with van der Waals surface area (Å²) in [5.74, 6) is -1.12. The van der Waals surface area contributed by atoms with Crippen molar-refractivity contribution in [2.24, 2.45) is 0 Å². The number of alkyl halides is 2. The van der Waals surface area contributed by atoms with Crippen molar-refractivity contribution in [1.82, 2.24) is 0 Å². The second-order valence-corrected chi connectivity index (χ2v) is 3.22. The van der Waals surface area contributed by atoms with E-state index in [4.69, 9.17) is 16.9 Å². The zero-order valence-corrected chi connectivity index (χ0v) is 9.29. The molecule has 0 unspecified atom stereocenters. The van der Waals surface area contributed by atoms with Crippen LogP contribution in [0.3, 0.4) is 0 Å². The number of hydrogen-bond donors (Lipinski definition) is 0. The molecule has 0 saturated carbocycles. The number of nitrogens with zero attached hydrogens (tertiary/aromatic N) is 1. The zero-order valence-electron chi connectivity index (χ0n) is 8.54. The molecule has 0 N–H and O–H groups in total. The number of rotatable bonds is 3. The van der Waals surface area contributed by atoms with Gasteiger partial charge < -0.3 is 9.47 Å². The van der Waals surface area contributed by atoms with E-state index in [0.717, 1.165) is 19.2 Å². The quantitative estimate of drug-likeness (QED) is 0.785. The van der Waals surface area contributed by atoms with Crippen molar-refractivity contribution in [3.8, 4) is 11.8 Å². The van der Waals surface area contributed by atoms with E-state index in [1.54, 1.807) is 6.07 Å². The molecule has 1 rings (SSSR count). The zero-order chi connectivity index (χ0) is 13.0. The summed E-state index contributed by atoms with van der Waals surface area (Å²) in [6.07, 6.45) is 0. The second-order valence-electron chi connectivity index (χ2n) is 2.81. The summed E-state index contributed by atoms with van der Waals surface area (Å²) >= 11 is 5.69. The maximum Gasteiger partial charge on any atom is 0.387 e. The lowest BCUT2D eigenvalue weighted by Gasteiger charge is -2.08. The number of hydrogen-bond acceptors (Lipinski definition) is 4. The van der Waals surface area contributed by atoms with E-state index in [2.05, 4.69) is 9.47 Å². The third-order valence-electron chi connectivity index (χ3n) is 1.80. The molecule has 1 aromatic carbocycles. The molecule has 0 bridgehead atoms. The predicted molar refractivity (Wildman–Crippen MR) is 54.1 cm³/mol. The Bertz CT molecular complexity index is 485. The van der Waals surface area contributed by atoms with Crippen LogP contribution in [-0.2, 0) is 4.74 Å². The molecular weight excluding hydrogens is 256 g/mol. The molecule has 0 aliphatic carbocycles. The highest BCUT2D eigenvalue weighted by atomic mass is 35.5. The molecule has 7 heteroatoms. The lowest BCUT2D eigenvalue weighted by Crippen LogP contribution is -2.07. The first-order valence-electron chi connectivity index (χ1n) is 4.26. The van der Waals surface area contributed by atoms with Crippen LogP contribution in [0.25, 0.3) is 0 Å². The van der Waals surface area contributed by atoms with E-state index in [1.807, 2.05) is 0 Å². The largest absolute Gasteiger partial charge is 0.465 e. The molecule has 0 saturated heterocycles. The van der Waals surface area contributed by atoms with Crippen molar-refractivity contribution < 1.29 is 23.0 Å². The molecule has 17 heavy (non-hydrogen) atoms. The maximum atomic E-state index is 12.0. The summed E-state index contributed by atoms with van der Waals surface area (Å²) in [5.41, 5.74) is -0.377. The summed E-state index contributed by atoms with van der Waals surface area (Å²) < 4.78 is 32.4. The summed E-state index contributed by atoms with van der Waals surface area (Å²) in [5, 5.41) is 8.60. The first kappa shape index (κ1) is 13.2. The van der Waals surface area contributed by atoms with Crippen LogP contribution >= 0.6 is 11.6 Å². The van der Waals surface area contributed by atoms with E-state index >= 15 is 0 Å². The summed E-state index contributed by atoms with van der Waals surface area (Å²) in [6, 6.07) is 3.66. The smallest absolute Gasteiger partial charge is 0.387 e. The first-order valence-corrected chi connectivity index (χ1v) is 4.64. The minimum atomic E-state index is -3.04. The van der Waals surface area contributed by atoms with E-state index in [0.29, 0.717) is 0 Å². The number of carbonyl (C=O) groups is 1. The second kappa shape index (κ2) is 5.46. The topological polar surface area (TPSA) is 59.3 Å². The average Bonchev–Trinajstić information content (AvgIpc) is 2.26. The van der Waals surface area contributed by atoms with E-state index in [9.17, 15) is 13.6 Å². The van der Waals surface area contributed by atoms with Crippen LogP contribution < -0.4 is 4.74 Å². The molecule has 0 heterocycles. The van der Waals surface area contributed by atoms with Crippen LogP contribution in [0.4, 0.5) is 8.78 Å². The Balaban J connectivity index is 3.27. The van der Waals surface area contributed by atoms with Crippen molar-refractivity contribution in [1.29, 1.82) is 5.26 Å². The number of nitriles is 1. The normalized spacial score (nSPS) is 9.88. The van der Waals surface area contributed by atoms with E-state index in [-0.39, 0.29) is 21.9 Å². The Labute approximate surface area is 100 Å². The van der Waals surface area contributed by atoms with Gasteiger partial charge in [-0.15, -0.1) is 0 Å². The fraction of sp³-hybridized carbons (Fsp3) is 0.200. The minimum absolute atomic E-state index is 0.182. The average molecular weight is 262 g/mol. The van der Waals surface area contributed by atoms with Gasteiger partial charge in [-0.25, -0.2) is 4.79 Å². The van der Waals surface area contributed by atoms with Crippen LogP contribution in [0.15, 0.2) is 12.1 Å². The van der Waals surface area contributed by atoms with Crippen LogP contribution in [0.2, 0.25) is 5.02 Å². The number of esters is 1. The van der Waals surface area contributed by atoms with Crippen molar-refractivity contribution in [3.05, 3.63) is 28.3 Å². The van der Waals surface area contributed by atoms with Gasteiger partial charge in [0.15, 0.2) is 0 Å². The van der Waals surface area contributed by atoms with Gasteiger partial charge in [0.1, 0.15) is 11.8 Å². The number of methoxy groups -OCH3 is 1. The predicted octanol–water partition coefficient (Wildman–Crippen LogP) is 2.60. The Morgan fingerprint density at radius 1 is 1.53 bits per heavy atom. The number of halogens is 3. The van der Waals surface area contributed by atoms with Gasteiger partial charge in [0.05, 0.1) is 23.3 Å². The lowest BCUT2D eigenvalue weighted by atomic mass is 10.1. The van der Waals surface area contributed by atoms with Gasteiger partial charge in [-0.3, -0.25) is 0 Å². The Morgan fingerprint density at radius 2 is 2.18 bits per heavy atom. The highest BCUT2D eigenvalue weighted by Crippen LogP contribution is 2.28. The van der Waals surface area contributed by atoms with Crippen LogP contribution in [-0.4, -0.2) is 19.7 Å². The van der Waals surface area contributed by atoms with Gasteiger partial charge in [-0.2, -0.15) is 14.0 Å². The molecule has 0 spiro atoms. The van der Waals surface area contributed by atoms with Gasteiger partial charge in [0, 0.05) is 0 Å². The summed E-state index contributed by atoms with van der Waals surface area (Å²) in [7, 11) is 1.11. The third-order valence-corrected chi connectivity index (χ3v) is 2.10.